The predicted octanol–water partition coefficient (Wildman–Crippen LogP) is 3.47. The number of hydrogen-bond donors (Lipinski definition) is 1. The van der Waals surface area contributed by atoms with Crippen molar-refractivity contribution in [1.29, 1.82) is 0 Å². The third-order valence-electron chi connectivity index (χ3n) is 3.55. The Balaban J connectivity index is 1.86. The average Bonchev–Trinajstić information content (AvgIpc) is 2.86. The molecule has 0 saturated heterocycles. The lowest BCUT2D eigenvalue weighted by Crippen LogP contribution is -2.19. The Kier molecular flexibility index (Phi) is 4.05. The maximum absolute atomic E-state index is 12.1. The van der Waals surface area contributed by atoms with Crippen LogP contribution in [0.1, 0.15) is 33.0 Å². The summed E-state index contributed by atoms with van der Waals surface area (Å²) in [6, 6.07) is 11.5. The van der Waals surface area contributed by atoms with Gasteiger partial charge in [0, 0.05) is 17.7 Å². The molecular weight excluding hydrogens is 302 g/mol. The first-order chi connectivity index (χ1) is 11.3. The van der Waals surface area contributed by atoms with Gasteiger partial charge >= 0.3 is 0 Å². The van der Waals surface area contributed by atoms with Crippen molar-refractivity contribution < 1.29 is 4.79 Å². The second kappa shape index (κ2) is 6.03. The van der Waals surface area contributed by atoms with Crippen LogP contribution in [0.15, 0.2) is 36.4 Å². The molecule has 0 aliphatic heterocycles. The van der Waals surface area contributed by atoms with E-state index < -0.39 is 0 Å². The lowest BCUT2D eigenvalue weighted by atomic mass is 9.92. The molecule has 0 aliphatic carbocycles. The van der Waals surface area contributed by atoms with Crippen LogP contribution in [0, 0.1) is 12.3 Å². The number of nitrogens with one attached hydrogen (secondary N) is 1. The monoisotopic (exact) mass is 323 g/mol. The van der Waals surface area contributed by atoms with Gasteiger partial charge in [-0.3, -0.25) is 4.79 Å². The number of aryl methyl sites for hydroxylation is 1. The molecule has 0 fully saturated rings. The third-order valence-corrected chi connectivity index (χ3v) is 3.55. The molecular formula is C18H21N5O. The molecule has 0 aliphatic rings. The molecule has 0 bridgehead atoms. The largest absolute Gasteiger partial charge is 0.326 e. The average molecular weight is 323 g/mol. The minimum atomic E-state index is -0.0414. The summed E-state index contributed by atoms with van der Waals surface area (Å²) in [5.41, 5.74) is 3.17. The van der Waals surface area contributed by atoms with E-state index in [0.29, 0.717) is 12.1 Å². The van der Waals surface area contributed by atoms with E-state index in [1.54, 1.807) is 4.52 Å². The van der Waals surface area contributed by atoms with Gasteiger partial charge in [0.25, 0.3) is 0 Å². The quantitative estimate of drug-likeness (QED) is 0.801. The highest BCUT2D eigenvalue weighted by atomic mass is 16.1. The van der Waals surface area contributed by atoms with Crippen molar-refractivity contribution >= 4 is 17.2 Å². The van der Waals surface area contributed by atoms with Crippen LogP contribution in [0.3, 0.4) is 0 Å². The molecule has 0 spiro atoms. The number of nitrogens with zero attached hydrogens (tertiary/aromatic N) is 4. The van der Waals surface area contributed by atoms with Crippen LogP contribution in [0.25, 0.3) is 16.9 Å². The van der Waals surface area contributed by atoms with E-state index in [4.69, 9.17) is 0 Å². The van der Waals surface area contributed by atoms with Gasteiger partial charge in [-0.1, -0.05) is 32.9 Å². The van der Waals surface area contributed by atoms with E-state index in [-0.39, 0.29) is 11.3 Å². The van der Waals surface area contributed by atoms with Crippen molar-refractivity contribution in [1.82, 2.24) is 19.8 Å². The number of fused-ring (bicyclic) bond motifs is 1. The number of benzene rings is 1. The SMILES string of the molecule is Cc1nnc2ccc(-c3cccc(NC(=O)CC(C)(C)C)c3)nn12. The van der Waals surface area contributed by atoms with Crippen LogP contribution in [0.4, 0.5) is 5.69 Å². The standard InChI is InChI=1S/C18H21N5O/c1-12-20-21-16-9-8-15(22-23(12)16)13-6-5-7-14(10-13)19-17(24)11-18(2,3)4/h5-10H,11H2,1-4H3,(H,19,24). The first kappa shape index (κ1) is 16.1. The fourth-order valence-corrected chi connectivity index (χ4v) is 2.49. The molecule has 3 aromatic rings. The van der Waals surface area contributed by atoms with Crippen LogP contribution in [-0.4, -0.2) is 25.7 Å². The highest BCUT2D eigenvalue weighted by molar-refractivity contribution is 5.91. The molecule has 2 aromatic heterocycles. The highest BCUT2D eigenvalue weighted by Crippen LogP contribution is 2.23. The number of aromatic nitrogens is 4. The molecule has 124 valence electrons. The van der Waals surface area contributed by atoms with Gasteiger partial charge < -0.3 is 5.32 Å². The number of carbonyl (C=O) groups excluding carboxylic acids is 1. The van der Waals surface area contributed by atoms with Gasteiger partial charge in [-0.2, -0.15) is 9.61 Å². The maximum atomic E-state index is 12.1. The number of amides is 1. The summed E-state index contributed by atoms with van der Waals surface area (Å²) in [5.74, 6) is 0.749. The Hall–Kier alpha value is -2.76. The van der Waals surface area contributed by atoms with E-state index in [2.05, 4.69) is 20.6 Å². The van der Waals surface area contributed by atoms with Crippen molar-refractivity contribution in [3.8, 4) is 11.3 Å². The minimum Gasteiger partial charge on any atom is -0.326 e. The molecule has 3 rings (SSSR count). The number of hydrogen-bond acceptors (Lipinski definition) is 4. The van der Waals surface area contributed by atoms with Crippen molar-refractivity contribution in [3.05, 3.63) is 42.2 Å². The lowest BCUT2D eigenvalue weighted by molar-refractivity contribution is -0.117. The fraction of sp³-hybridized carbons (Fsp3) is 0.333. The Morgan fingerprint density at radius 2 is 1.96 bits per heavy atom. The van der Waals surface area contributed by atoms with Gasteiger partial charge in [0.15, 0.2) is 11.5 Å². The second-order valence-electron chi connectivity index (χ2n) is 7.10. The van der Waals surface area contributed by atoms with Crippen LogP contribution >= 0.6 is 0 Å². The molecule has 0 atom stereocenters. The fourth-order valence-electron chi connectivity index (χ4n) is 2.49. The zero-order chi connectivity index (χ0) is 17.3. The van der Waals surface area contributed by atoms with E-state index in [9.17, 15) is 4.79 Å². The minimum absolute atomic E-state index is 0.0118. The third kappa shape index (κ3) is 3.59. The van der Waals surface area contributed by atoms with Gasteiger partial charge in [0.2, 0.25) is 5.91 Å². The Bertz CT molecular complexity index is 892. The molecule has 6 nitrogen and oxygen atoms in total. The highest BCUT2D eigenvalue weighted by Gasteiger charge is 2.16. The van der Waals surface area contributed by atoms with Crippen LogP contribution in [0.5, 0.6) is 0 Å². The van der Waals surface area contributed by atoms with Gasteiger partial charge in [-0.05, 0) is 36.6 Å². The van der Waals surface area contributed by atoms with Crippen LogP contribution in [0.2, 0.25) is 0 Å². The van der Waals surface area contributed by atoms with Gasteiger partial charge in [0.05, 0.1) is 5.69 Å². The van der Waals surface area contributed by atoms with Crippen molar-refractivity contribution in [2.45, 2.75) is 34.1 Å². The van der Waals surface area contributed by atoms with Gasteiger partial charge in [0.1, 0.15) is 0 Å². The molecule has 2 heterocycles. The lowest BCUT2D eigenvalue weighted by Gasteiger charge is -2.17. The Labute approximate surface area is 140 Å². The molecule has 1 N–H and O–H groups in total. The first-order valence-electron chi connectivity index (χ1n) is 7.91. The number of carbonyl (C=O) groups is 1. The normalized spacial score (nSPS) is 11.7. The predicted molar refractivity (Wildman–Crippen MR) is 93.7 cm³/mol. The van der Waals surface area contributed by atoms with Crippen molar-refractivity contribution in [2.75, 3.05) is 5.32 Å². The second-order valence-corrected chi connectivity index (χ2v) is 7.10. The van der Waals surface area contributed by atoms with Crippen LogP contribution < -0.4 is 5.32 Å². The molecule has 1 aromatic carbocycles. The summed E-state index contributed by atoms with van der Waals surface area (Å²) in [4.78, 5) is 12.1. The summed E-state index contributed by atoms with van der Waals surface area (Å²) in [5, 5.41) is 15.6. The van der Waals surface area contributed by atoms with E-state index in [1.807, 2.05) is 64.1 Å². The topological polar surface area (TPSA) is 72.2 Å². The summed E-state index contributed by atoms with van der Waals surface area (Å²) in [6.07, 6.45) is 0.474. The summed E-state index contributed by atoms with van der Waals surface area (Å²) >= 11 is 0. The van der Waals surface area contributed by atoms with Crippen LogP contribution in [-0.2, 0) is 4.79 Å². The summed E-state index contributed by atoms with van der Waals surface area (Å²) in [7, 11) is 0. The van der Waals surface area contributed by atoms with Gasteiger partial charge in [-0.25, -0.2) is 0 Å². The zero-order valence-corrected chi connectivity index (χ0v) is 14.4. The molecule has 0 unspecified atom stereocenters. The first-order valence-corrected chi connectivity index (χ1v) is 7.91. The van der Waals surface area contributed by atoms with E-state index in [0.717, 1.165) is 22.8 Å². The summed E-state index contributed by atoms with van der Waals surface area (Å²) < 4.78 is 1.71. The zero-order valence-electron chi connectivity index (χ0n) is 14.4. The molecule has 6 heteroatoms. The van der Waals surface area contributed by atoms with Gasteiger partial charge in [-0.15, -0.1) is 10.2 Å². The molecule has 0 saturated carbocycles. The van der Waals surface area contributed by atoms with Crippen molar-refractivity contribution in [3.63, 3.8) is 0 Å². The molecule has 24 heavy (non-hydrogen) atoms. The number of anilines is 1. The number of rotatable bonds is 3. The van der Waals surface area contributed by atoms with E-state index >= 15 is 0 Å². The smallest absolute Gasteiger partial charge is 0.224 e. The Morgan fingerprint density at radius 3 is 2.71 bits per heavy atom. The maximum Gasteiger partial charge on any atom is 0.224 e. The summed E-state index contributed by atoms with van der Waals surface area (Å²) in [6.45, 7) is 8.00. The Morgan fingerprint density at radius 1 is 1.17 bits per heavy atom. The van der Waals surface area contributed by atoms with Crippen molar-refractivity contribution in [2.24, 2.45) is 5.41 Å². The van der Waals surface area contributed by atoms with E-state index in [1.165, 1.54) is 0 Å². The molecule has 0 radical (unpaired) electrons. The molecule has 1 amide bonds.